The molecule has 6 nitrogen and oxygen atoms in total. The molecular formula is C16H23N5OS. The molecular weight excluding hydrogens is 310 g/mol. The van der Waals surface area contributed by atoms with Gasteiger partial charge in [-0.3, -0.25) is 4.99 Å². The molecule has 0 amide bonds. The van der Waals surface area contributed by atoms with Crippen LogP contribution in [-0.4, -0.2) is 36.6 Å². The van der Waals surface area contributed by atoms with Crippen molar-refractivity contribution in [2.45, 2.75) is 26.3 Å². The van der Waals surface area contributed by atoms with E-state index in [1.165, 1.54) is 4.88 Å². The fourth-order valence-corrected chi connectivity index (χ4v) is 2.86. The van der Waals surface area contributed by atoms with Gasteiger partial charge in [0, 0.05) is 49.9 Å². The molecule has 0 fully saturated rings. The Balaban J connectivity index is 1.76. The van der Waals surface area contributed by atoms with Crippen LogP contribution in [0.3, 0.4) is 0 Å². The van der Waals surface area contributed by atoms with Gasteiger partial charge in [-0.2, -0.15) is 0 Å². The van der Waals surface area contributed by atoms with Crippen LogP contribution in [0, 0.1) is 0 Å². The van der Waals surface area contributed by atoms with Gasteiger partial charge in [-0.05, 0) is 18.1 Å². The Morgan fingerprint density at radius 3 is 2.91 bits per heavy atom. The van der Waals surface area contributed by atoms with Crippen molar-refractivity contribution in [3.8, 4) is 5.88 Å². The predicted molar refractivity (Wildman–Crippen MR) is 94.2 cm³/mol. The molecule has 0 radical (unpaired) electrons. The van der Waals surface area contributed by atoms with Crippen LogP contribution in [0.5, 0.6) is 5.88 Å². The molecule has 0 saturated heterocycles. The van der Waals surface area contributed by atoms with E-state index in [1.54, 1.807) is 31.7 Å². The maximum absolute atomic E-state index is 5.12. The van der Waals surface area contributed by atoms with Gasteiger partial charge in [0.1, 0.15) is 0 Å². The Morgan fingerprint density at radius 1 is 1.35 bits per heavy atom. The van der Waals surface area contributed by atoms with Gasteiger partial charge in [-0.1, -0.05) is 6.92 Å². The lowest BCUT2D eigenvalue weighted by atomic mass is 10.2. The third-order valence-electron chi connectivity index (χ3n) is 3.27. The maximum Gasteiger partial charge on any atom is 0.213 e. The summed E-state index contributed by atoms with van der Waals surface area (Å²) in [6, 6.07) is 3.85. The molecule has 0 aliphatic heterocycles. The van der Waals surface area contributed by atoms with Crippen molar-refractivity contribution in [1.29, 1.82) is 0 Å². The summed E-state index contributed by atoms with van der Waals surface area (Å²) < 4.78 is 5.12. The maximum atomic E-state index is 5.12. The van der Waals surface area contributed by atoms with Crippen LogP contribution in [0.1, 0.15) is 22.4 Å². The van der Waals surface area contributed by atoms with Crippen LogP contribution in [0.4, 0.5) is 0 Å². The molecule has 0 atom stereocenters. The van der Waals surface area contributed by atoms with Gasteiger partial charge in [0.2, 0.25) is 5.88 Å². The van der Waals surface area contributed by atoms with Crippen LogP contribution in [0.2, 0.25) is 0 Å². The van der Waals surface area contributed by atoms with E-state index >= 15 is 0 Å². The number of pyridine rings is 1. The fraction of sp³-hybridized carbons (Fsp3) is 0.438. The van der Waals surface area contributed by atoms with Crippen LogP contribution >= 0.6 is 11.3 Å². The lowest BCUT2D eigenvalue weighted by Gasteiger charge is -2.11. The van der Waals surface area contributed by atoms with Gasteiger partial charge in [0.25, 0.3) is 0 Å². The number of aromatic nitrogens is 2. The van der Waals surface area contributed by atoms with Crippen molar-refractivity contribution in [2.24, 2.45) is 4.99 Å². The van der Waals surface area contributed by atoms with Gasteiger partial charge >= 0.3 is 0 Å². The largest absolute Gasteiger partial charge is 0.481 e. The smallest absolute Gasteiger partial charge is 0.213 e. The summed E-state index contributed by atoms with van der Waals surface area (Å²) in [6.07, 6.45) is 5.64. The van der Waals surface area contributed by atoms with Gasteiger partial charge < -0.3 is 15.4 Å². The highest BCUT2D eigenvalue weighted by atomic mass is 32.1. The second-order valence-corrected chi connectivity index (χ2v) is 6.08. The van der Waals surface area contributed by atoms with Crippen molar-refractivity contribution in [3.05, 3.63) is 40.0 Å². The first kappa shape index (κ1) is 17.2. The average molecular weight is 333 g/mol. The zero-order valence-electron chi connectivity index (χ0n) is 13.8. The van der Waals surface area contributed by atoms with Gasteiger partial charge in [-0.15, -0.1) is 11.3 Å². The van der Waals surface area contributed by atoms with Gasteiger partial charge in [-0.25, -0.2) is 9.97 Å². The highest BCUT2D eigenvalue weighted by molar-refractivity contribution is 7.11. The van der Waals surface area contributed by atoms with E-state index in [0.717, 1.165) is 35.9 Å². The minimum absolute atomic E-state index is 0.614. The first-order valence-corrected chi connectivity index (χ1v) is 8.43. The van der Waals surface area contributed by atoms with Crippen molar-refractivity contribution in [3.63, 3.8) is 0 Å². The van der Waals surface area contributed by atoms with E-state index < -0.39 is 0 Å². The molecule has 0 unspecified atom stereocenters. The van der Waals surface area contributed by atoms with Crippen LogP contribution < -0.4 is 15.4 Å². The minimum Gasteiger partial charge on any atom is -0.481 e. The number of ether oxygens (including phenoxy) is 1. The summed E-state index contributed by atoms with van der Waals surface area (Å²) in [6.45, 7) is 3.61. The molecule has 7 heteroatoms. The van der Waals surface area contributed by atoms with E-state index in [1.807, 2.05) is 18.3 Å². The molecule has 2 rings (SSSR count). The number of nitrogens with zero attached hydrogens (tertiary/aromatic N) is 3. The minimum atomic E-state index is 0.614. The first-order valence-electron chi connectivity index (χ1n) is 7.62. The quantitative estimate of drug-likeness (QED) is 0.599. The predicted octanol–water partition coefficient (Wildman–Crippen LogP) is 2.02. The molecule has 0 spiro atoms. The zero-order chi connectivity index (χ0) is 16.5. The Morgan fingerprint density at radius 2 is 2.22 bits per heavy atom. The molecule has 0 saturated carbocycles. The van der Waals surface area contributed by atoms with E-state index in [2.05, 4.69) is 32.5 Å². The molecule has 2 aromatic rings. The Bertz CT molecular complexity index is 641. The third-order valence-corrected chi connectivity index (χ3v) is 4.47. The SMILES string of the molecule is CCc1cnc(CCNC(=NC)NCc2ccnc(OC)c2)s1. The summed E-state index contributed by atoms with van der Waals surface area (Å²) in [5, 5.41) is 7.74. The van der Waals surface area contributed by atoms with E-state index in [9.17, 15) is 0 Å². The summed E-state index contributed by atoms with van der Waals surface area (Å²) >= 11 is 1.77. The van der Waals surface area contributed by atoms with Crippen molar-refractivity contribution in [1.82, 2.24) is 20.6 Å². The Hall–Kier alpha value is -2.15. The lowest BCUT2D eigenvalue weighted by Crippen LogP contribution is -2.37. The number of aryl methyl sites for hydroxylation is 1. The number of guanidine groups is 1. The van der Waals surface area contributed by atoms with E-state index in [0.29, 0.717) is 12.4 Å². The zero-order valence-corrected chi connectivity index (χ0v) is 14.6. The number of hydrogen-bond donors (Lipinski definition) is 2. The van der Waals surface area contributed by atoms with Crippen LogP contribution in [0.15, 0.2) is 29.5 Å². The van der Waals surface area contributed by atoms with E-state index in [4.69, 9.17) is 4.74 Å². The molecule has 0 aromatic carbocycles. The number of nitrogens with one attached hydrogen (secondary N) is 2. The topological polar surface area (TPSA) is 71.4 Å². The Kier molecular flexibility index (Phi) is 6.80. The number of hydrogen-bond acceptors (Lipinski definition) is 5. The number of rotatable bonds is 7. The Labute approximate surface area is 141 Å². The van der Waals surface area contributed by atoms with Crippen LogP contribution in [-0.2, 0) is 19.4 Å². The number of aliphatic imine (C=N–C) groups is 1. The summed E-state index contributed by atoms with van der Waals surface area (Å²) in [7, 11) is 3.38. The summed E-state index contributed by atoms with van der Waals surface area (Å²) in [5.41, 5.74) is 1.09. The first-order chi connectivity index (χ1) is 11.2. The highest BCUT2D eigenvalue weighted by Gasteiger charge is 2.03. The second-order valence-electron chi connectivity index (χ2n) is 4.88. The molecule has 2 heterocycles. The van der Waals surface area contributed by atoms with Gasteiger partial charge in [0.15, 0.2) is 5.96 Å². The second kappa shape index (κ2) is 9.09. The van der Waals surface area contributed by atoms with Crippen LogP contribution in [0.25, 0.3) is 0 Å². The van der Waals surface area contributed by atoms with Crippen molar-refractivity contribution >= 4 is 17.3 Å². The summed E-state index contributed by atoms with van der Waals surface area (Å²) in [5.74, 6) is 1.38. The van der Waals surface area contributed by atoms with Crippen molar-refractivity contribution < 1.29 is 4.74 Å². The lowest BCUT2D eigenvalue weighted by molar-refractivity contribution is 0.397. The van der Waals surface area contributed by atoms with Gasteiger partial charge in [0.05, 0.1) is 12.1 Å². The normalized spacial score (nSPS) is 11.3. The monoisotopic (exact) mass is 333 g/mol. The standard InChI is InChI=1S/C16H23N5OS/c1-4-13-11-20-15(23-13)6-8-19-16(17-2)21-10-12-5-7-18-14(9-12)22-3/h5,7,9,11H,4,6,8,10H2,1-3H3,(H2,17,19,21). The number of methoxy groups -OCH3 is 1. The fourth-order valence-electron chi connectivity index (χ4n) is 1.99. The molecule has 124 valence electrons. The summed E-state index contributed by atoms with van der Waals surface area (Å²) in [4.78, 5) is 14.1. The molecule has 2 N–H and O–H groups in total. The molecule has 0 bridgehead atoms. The average Bonchev–Trinajstić information content (AvgIpc) is 3.06. The van der Waals surface area contributed by atoms with Crippen molar-refractivity contribution in [2.75, 3.05) is 20.7 Å². The molecule has 23 heavy (non-hydrogen) atoms. The molecule has 2 aromatic heterocycles. The molecule has 0 aliphatic carbocycles. The molecule has 0 aliphatic rings. The highest BCUT2D eigenvalue weighted by Crippen LogP contribution is 2.13. The van der Waals surface area contributed by atoms with E-state index in [-0.39, 0.29) is 0 Å². The third kappa shape index (κ3) is 5.52. The number of thiazole rings is 1.